The van der Waals surface area contributed by atoms with Gasteiger partial charge in [-0.15, -0.1) is 0 Å². The van der Waals surface area contributed by atoms with E-state index in [0.717, 1.165) is 42.0 Å². The molecule has 0 amide bonds. The Labute approximate surface area is 374 Å². The summed E-state index contributed by atoms with van der Waals surface area (Å²) in [5.41, 5.74) is 3.96. The quantitative estimate of drug-likeness (QED) is 0.125. The first-order valence-corrected chi connectivity index (χ1v) is 21.8. The molecule has 0 saturated carbocycles. The maximum Gasteiger partial charge on any atom is 0.194 e. The van der Waals surface area contributed by atoms with Crippen molar-refractivity contribution in [2.45, 2.75) is 130 Å². The van der Waals surface area contributed by atoms with Crippen molar-refractivity contribution in [1.82, 2.24) is 0 Å². The van der Waals surface area contributed by atoms with Gasteiger partial charge in [-0.05, 0) is 186 Å². The van der Waals surface area contributed by atoms with Gasteiger partial charge < -0.3 is 25.2 Å². The fourth-order valence-electron chi connectivity index (χ4n) is 4.78. The molecule has 0 fully saturated rings. The van der Waals surface area contributed by atoms with Crippen LogP contribution in [-0.4, -0.2) is 27.5 Å². The van der Waals surface area contributed by atoms with Gasteiger partial charge in [-0.1, -0.05) is 89.2 Å². The number of phenolic OH excluding ortho intramolecular Hbond substituents is 4. The molecule has 0 aliphatic rings. The largest absolute Gasteiger partial charge is 0.507 e. The minimum atomic E-state index is -0.902. The van der Waals surface area contributed by atoms with Crippen molar-refractivity contribution < 1.29 is 38.3 Å². The van der Waals surface area contributed by atoms with E-state index in [4.69, 9.17) is 9.84 Å². The number of hydrogen-bond donors (Lipinski definition) is 4. The van der Waals surface area contributed by atoms with Gasteiger partial charge in [0, 0.05) is 0 Å². The molecule has 4 rings (SSSR count). The average molecular weight is 1120 g/mol. The van der Waals surface area contributed by atoms with Crippen LogP contribution in [0.1, 0.15) is 131 Å². The lowest BCUT2D eigenvalue weighted by Crippen LogP contribution is -2.16. The summed E-state index contributed by atoms with van der Waals surface area (Å²) < 4.78 is 47.1. The highest BCUT2D eigenvalue weighted by Gasteiger charge is 2.24. The van der Waals surface area contributed by atoms with Crippen LogP contribution >= 0.6 is 67.8 Å². The fourth-order valence-corrected chi connectivity index (χ4v) is 7.06. The molecule has 5 nitrogen and oxygen atoms in total. The lowest BCUT2D eigenvalue weighted by atomic mass is 9.82. The molecule has 4 aromatic carbocycles. The second kappa shape index (κ2) is 21.7. The van der Waals surface area contributed by atoms with Gasteiger partial charge in [0.25, 0.3) is 0 Å². The smallest absolute Gasteiger partial charge is 0.194 e. The molecule has 0 aliphatic heterocycles. The van der Waals surface area contributed by atoms with Crippen LogP contribution in [0.2, 0.25) is 0 Å². The first-order chi connectivity index (χ1) is 25.7. The Morgan fingerprint density at radius 1 is 0.464 bits per heavy atom. The van der Waals surface area contributed by atoms with E-state index in [2.05, 4.69) is 128 Å². The maximum absolute atomic E-state index is 13.4. The first-order valence-electron chi connectivity index (χ1n) is 18.6. The minimum Gasteiger partial charge on any atom is -0.507 e. The molecule has 0 atom stereocenters. The Morgan fingerprint density at radius 3 is 1.14 bits per heavy atom. The van der Waals surface area contributed by atoms with Crippen LogP contribution in [0.4, 0.5) is 13.2 Å². The third kappa shape index (κ3) is 14.3. The molecule has 0 saturated heterocycles. The van der Waals surface area contributed by atoms with Crippen molar-refractivity contribution in [3.8, 4) is 28.7 Å². The first kappa shape index (κ1) is 51.9. The standard InChI is InChI=1S/C12H17FO2.C11H14F2O.C11H14I2O.C11H15IO/c1-5-12(2,3)8-6-9(13)11(14)10(7-8)15-4;2*1-4-11(2,3)7-5-8(12)10(14)9(13)6-7;1-4-11(2,3)8-5-6-10(13)9(12)7-8/h6-7,14H,5H2,1-4H3;2*5-6,14H,4H2,1-3H3;5-7,13H,4H2,1-3H3. The van der Waals surface area contributed by atoms with Gasteiger partial charge in [0.05, 0.1) is 17.8 Å². The summed E-state index contributed by atoms with van der Waals surface area (Å²) in [7, 11) is 1.41. The summed E-state index contributed by atoms with van der Waals surface area (Å²) in [6.07, 6.45) is 3.87. The van der Waals surface area contributed by atoms with Crippen molar-refractivity contribution in [2.24, 2.45) is 0 Å². The molecule has 312 valence electrons. The highest BCUT2D eigenvalue weighted by molar-refractivity contribution is 14.1. The number of methoxy groups -OCH3 is 1. The van der Waals surface area contributed by atoms with E-state index in [9.17, 15) is 28.5 Å². The van der Waals surface area contributed by atoms with Crippen molar-refractivity contribution in [1.29, 1.82) is 0 Å². The summed E-state index contributed by atoms with van der Waals surface area (Å²) in [4.78, 5) is 0. The molecule has 4 N–H and O–H groups in total. The molecular formula is C45H60F3I3O5. The van der Waals surface area contributed by atoms with Crippen molar-refractivity contribution >= 4 is 67.8 Å². The van der Waals surface area contributed by atoms with Crippen molar-refractivity contribution in [3.63, 3.8) is 0 Å². The SMILES string of the molecule is CCC(C)(C)c1cc(F)c(O)c(F)c1.CCC(C)(C)c1cc(F)c(O)c(OC)c1.CCC(C)(C)c1cc(I)c(O)c(I)c1.CCC(C)(C)c1ccc(O)c(I)c1. The zero-order valence-corrected chi connectivity index (χ0v) is 41.5. The normalized spacial score (nSPS) is 11.7. The molecule has 0 unspecified atom stereocenters. The monoisotopic (exact) mass is 1120 g/mol. The predicted octanol–water partition coefficient (Wildman–Crippen LogP) is 14.6. The molecule has 0 aromatic heterocycles. The fraction of sp³-hybridized carbons (Fsp3) is 0.467. The highest BCUT2D eigenvalue weighted by atomic mass is 127. The topological polar surface area (TPSA) is 90.2 Å². The van der Waals surface area contributed by atoms with E-state index in [1.807, 2.05) is 47.6 Å². The molecular weight excluding hydrogens is 1060 g/mol. The minimum absolute atomic E-state index is 0.123. The number of aromatic hydroxyl groups is 4. The predicted molar refractivity (Wildman–Crippen MR) is 250 cm³/mol. The lowest BCUT2D eigenvalue weighted by molar-refractivity contribution is 0.353. The van der Waals surface area contributed by atoms with Gasteiger partial charge in [0.2, 0.25) is 0 Å². The lowest BCUT2D eigenvalue weighted by Gasteiger charge is -2.24. The van der Waals surface area contributed by atoms with Gasteiger partial charge in [-0.25, -0.2) is 13.2 Å². The summed E-state index contributed by atoms with van der Waals surface area (Å²) >= 11 is 6.51. The van der Waals surface area contributed by atoms with Gasteiger partial charge in [-0.2, -0.15) is 0 Å². The molecule has 56 heavy (non-hydrogen) atoms. The van der Waals surface area contributed by atoms with Crippen LogP contribution in [0, 0.1) is 28.2 Å². The van der Waals surface area contributed by atoms with Crippen LogP contribution in [0.3, 0.4) is 0 Å². The van der Waals surface area contributed by atoms with Crippen LogP contribution in [0.25, 0.3) is 0 Å². The Morgan fingerprint density at radius 2 is 0.786 bits per heavy atom. The van der Waals surface area contributed by atoms with Crippen LogP contribution in [0.15, 0.2) is 54.6 Å². The van der Waals surface area contributed by atoms with Gasteiger partial charge in [0.1, 0.15) is 11.5 Å². The zero-order valence-electron chi connectivity index (χ0n) is 35.0. The number of rotatable bonds is 9. The Bertz CT molecular complexity index is 1790. The molecule has 0 bridgehead atoms. The second-order valence-electron chi connectivity index (χ2n) is 16.2. The third-order valence-electron chi connectivity index (χ3n) is 10.9. The Balaban J connectivity index is 0.000000374. The third-order valence-corrected chi connectivity index (χ3v) is 13.4. The van der Waals surface area contributed by atoms with E-state index in [-0.39, 0.29) is 27.4 Å². The van der Waals surface area contributed by atoms with Crippen LogP contribution in [-0.2, 0) is 21.7 Å². The van der Waals surface area contributed by atoms with Crippen LogP contribution < -0.4 is 4.74 Å². The van der Waals surface area contributed by atoms with Crippen LogP contribution in [0.5, 0.6) is 28.7 Å². The molecule has 0 spiro atoms. The number of halogens is 6. The number of ether oxygens (including phenoxy) is 1. The Hall–Kier alpha value is -2.14. The molecule has 4 aromatic rings. The Kier molecular flexibility index (Phi) is 20.1. The van der Waals surface area contributed by atoms with Gasteiger partial charge in [-0.3, -0.25) is 0 Å². The maximum atomic E-state index is 13.4. The van der Waals surface area contributed by atoms with Gasteiger partial charge in [0.15, 0.2) is 34.7 Å². The molecule has 0 heterocycles. The summed E-state index contributed by atoms with van der Waals surface area (Å²) in [6, 6.07) is 15.4. The van der Waals surface area contributed by atoms with E-state index in [0.29, 0.717) is 17.1 Å². The number of benzene rings is 4. The summed E-state index contributed by atoms with van der Waals surface area (Å²) in [5.74, 6) is -2.80. The van der Waals surface area contributed by atoms with E-state index < -0.39 is 29.0 Å². The number of phenols is 4. The molecule has 11 heteroatoms. The van der Waals surface area contributed by atoms with E-state index in [1.54, 1.807) is 12.1 Å². The summed E-state index contributed by atoms with van der Waals surface area (Å²) in [5, 5.41) is 37.3. The summed E-state index contributed by atoms with van der Waals surface area (Å²) in [6.45, 7) is 25.1. The average Bonchev–Trinajstić information content (AvgIpc) is 3.15. The highest BCUT2D eigenvalue weighted by Crippen LogP contribution is 2.37. The van der Waals surface area contributed by atoms with Gasteiger partial charge >= 0.3 is 0 Å². The second-order valence-corrected chi connectivity index (χ2v) is 19.7. The van der Waals surface area contributed by atoms with Crippen molar-refractivity contribution in [2.75, 3.05) is 7.11 Å². The van der Waals surface area contributed by atoms with Crippen molar-refractivity contribution in [3.05, 3.63) is 105 Å². The number of hydrogen-bond acceptors (Lipinski definition) is 5. The van der Waals surface area contributed by atoms with E-state index >= 15 is 0 Å². The molecule has 0 radical (unpaired) electrons. The zero-order chi connectivity index (χ0) is 43.6. The molecule has 0 aliphatic carbocycles. The van der Waals surface area contributed by atoms with E-state index in [1.165, 1.54) is 36.4 Å².